The Morgan fingerprint density at radius 1 is 1.03 bits per heavy atom. The molecule has 4 aromatic rings. The first kappa shape index (κ1) is 23.0. The summed E-state index contributed by atoms with van der Waals surface area (Å²) in [5.74, 6) is -0.0777. The SMILES string of the molecule is Cc1ccc(C=NCCn2c(Nc3ccc(OC(F)(F)F)cc3)nc3ccccc3c2=O)cc1. The Labute approximate surface area is 193 Å². The molecule has 34 heavy (non-hydrogen) atoms. The minimum Gasteiger partial charge on any atom is -0.406 e. The summed E-state index contributed by atoms with van der Waals surface area (Å²) in [6.07, 6.45) is -3.03. The van der Waals surface area contributed by atoms with Crippen molar-refractivity contribution in [3.63, 3.8) is 0 Å². The molecule has 0 saturated heterocycles. The Bertz CT molecular complexity index is 1360. The molecule has 0 aliphatic rings. The third-order valence-electron chi connectivity index (χ3n) is 4.98. The van der Waals surface area contributed by atoms with Crippen LogP contribution in [0.15, 0.2) is 82.6 Å². The van der Waals surface area contributed by atoms with Gasteiger partial charge in [0.25, 0.3) is 5.56 Å². The van der Waals surface area contributed by atoms with Crippen LogP contribution in [0.1, 0.15) is 11.1 Å². The second kappa shape index (κ2) is 9.78. The summed E-state index contributed by atoms with van der Waals surface area (Å²) in [6, 6.07) is 20.1. The first-order valence-corrected chi connectivity index (χ1v) is 10.5. The molecule has 0 spiro atoms. The molecule has 1 heterocycles. The fourth-order valence-electron chi connectivity index (χ4n) is 3.32. The van der Waals surface area contributed by atoms with Crippen molar-refractivity contribution in [3.8, 4) is 5.75 Å². The maximum atomic E-state index is 13.1. The standard InChI is InChI=1S/C25H21F3N4O2/c1-17-6-8-18(9-7-17)16-29-14-15-32-23(33)21-4-2-3-5-22(21)31-24(32)30-19-10-12-20(13-11-19)34-25(26,27)28/h2-13,16H,14-15H2,1H3,(H,30,31). The summed E-state index contributed by atoms with van der Waals surface area (Å²) in [7, 11) is 0. The molecule has 1 aromatic heterocycles. The van der Waals surface area contributed by atoms with Crippen LogP contribution in [0.2, 0.25) is 0 Å². The Hall–Kier alpha value is -4.14. The van der Waals surface area contributed by atoms with Crippen molar-refractivity contribution in [1.29, 1.82) is 0 Å². The van der Waals surface area contributed by atoms with E-state index < -0.39 is 6.36 Å². The molecule has 0 unspecified atom stereocenters. The molecule has 6 nitrogen and oxygen atoms in total. The molecule has 4 rings (SSSR count). The minimum atomic E-state index is -4.77. The number of anilines is 2. The average molecular weight is 466 g/mol. The molecule has 174 valence electrons. The molecule has 0 radical (unpaired) electrons. The normalized spacial score (nSPS) is 11.8. The van der Waals surface area contributed by atoms with Gasteiger partial charge in [-0.3, -0.25) is 14.4 Å². The van der Waals surface area contributed by atoms with Gasteiger partial charge in [-0.25, -0.2) is 4.98 Å². The van der Waals surface area contributed by atoms with Gasteiger partial charge in [-0.05, 0) is 48.9 Å². The molecular weight excluding hydrogens is 445 g/mol. The highest BCUT2D eigenvalue weighted by molar-refractivity contribution is 5.80. The van der Waals surface area contributed by atoms with E-state index in [-0.39, 0.29) is 23.8 Å². The molecule has 0 bridgehead atoms. The third-order valence-corrected chi connectivity index (χ3v) is 4.98. The van der Waals surface area contributed by atoms with Gasteiger partial charge in [-0.2, -0.15) is 0 Å². The molecule has 0 saturated carbocycles. The second-order valence-corrected chi connectivity index (χ2v) is 7.55. The maximum absolute atomic E-state index is 13.1. The summed E-state index contributed by atoms with van der Waals surface area (Å²) in [4.78, 5) is 22.1. The number of hydrogen-bond acceptors (Lipinski definition) is 5. The Balaban J connectivity index is 1.58. The van der Waals surface area contributed by atoms with E-state index in [1.165, 1.54) is 28.8 Å². The van der Waals surface area contributed by atoms with Crippen LogP contribution in [-0.2, 0) is 6.54 Å². The number of ether oxygens (including phenoxy) is 1. The number of nitrogens with zero attached hydrogens (tertiary/aromatic N) is 3. The van der Waals surface area contributed by atoms with Gasteiger partial charge in [0.05, 0.1) is 17.4 Å². The molecule has 1 N–H and O–H groups in total. The van der Waals surface area contributed by atoms with Gasteiger partial charge in [0.2, 0.25) is 5.95 Å². The fourth-order valence-corrected chi connectivity index (χ4v) is 3.32. The minimum absolute atomic E-state index is 0.240. The van der Waals surface area contributed by atoms with E-state index in [2.05, 4.69) is 20.0 Å². The molecule has 0 atom stereocenters. The average Bonchev–Trinajstić information content (AvgIpc) is 2.80. The van der Waals surface area contributed by atoms with Crippen LogP contribution in [0.4, 0.5) is 24.8 Å². The van der Waals surface area contributed by atoms with Gasteiger partial charge in [-0.1, -0.05) is 42.0 Å². The van der Waals surface area contributed by atoms with Crippen LogP contribution in [-0.4, -0.2) is 28.7 Å². The van der Waals surface area contributed by atoms with Crippen molar-refractivity contribution < 1.29 is 17.9 Å². The van der Waals surface area contributed by atoms with E-state index in [1.54, 1.807) is 30.5 Å². The van der Waals surface area contributed by atoms with E-state index in [9.17, 15) is 18.0 Å². The molecular formula is C25H21F3N4O2. The van der Waals surface area contributed by atoms with Gasteiger partial charge in [0, 0.05) is 18.4 Å². The smallest absolute Gasteiger partial charge is 0.406 e. The zero-order valence-corrected chi connectivity index (χ0v) is 18.2. The topological polar surface area (TPSA) is 68.5 Å². The monoisotopic (exact) mass is 466 g/mol. The lowest BCUT2D eigenvalue weighted by Crippen LogP contribution is -2.25. The lowest BCUT2D eigenvalue weighted by Gasteiger charge is -2.15. The number of aliphatic imine (C=N–C) groups is 1. The lowest BCUT2D eigenvalue weighted by molar-refractivity contribution is -0.274. The number of rotatable bonds is 7. The maximum Gasteiger partial charge on any atom is 0.573 e. The number of hydrogen-bond donors (Lipinski definition) is 1. The number of alkyl halides is 3. The first-order chi connectivity index (χ1) is 16.3. The highest BCUT2D eigenvalue weighted by atomic mass is 19.4. The van der Waals surface area contributed by atoms with Crippen molar-refractivity contribution in [2.45, 2.75) is 19.8 Å². The van der Waals surface area contributed by atoms with Crippen LogP contribution in [0.3, 0.4) is 0 Å². The van der Waals surface area contributed by atoms with E-state index in [0.29, 0.717) is 23.1 Å². The largest absolute Gasteiger partial charge is 0.573 e. The number of para-hydroxylation sites is 1. The molecule has 3 aromatic carbocycles. The summed E-state index contributed by atoms with van der Waals surface area (Å²) >= 11 is 0. The van der Waals surface area contributed by atoms with E-state index >= 15 is 0 Å². The van der Waals surface area contributed by atoms with E-state index in [1.807, 2.05) is 31.2 Å². The molecule has 9 heteroatoms. The summed E-state index contributed by atoms with van der Waals surface area (Å²) < 4.78 is 42.6. The number of aryl methyl sites for hydroxylation is 1. The highest BCUT2D eigenvalue weighted by Crippen LogP contribution is 2.25. The number of halogens is 3. The number of aromatic nitrogens is 2. The van der Waals surface area contributed by atoms with Crippen LogP contribution in [0.25, 0.3) is 10.9 Å². The van der Waals surface area contributed by atoms with Crippen molar-refractivity contribution in [2.24, 2.45) is 4.99 Å². The third kappa shape index (κ3) is 5.80. The Morgan fingerprint density at radius 2 is 1.74 bits per heavy atom. The molecule has 0 aliphatic heterocycles. The van der Waals surface area contributed by atoms with Gasteiger partial charge in [0.1, 0.15) is 5.75 Å². The van der Waals surface area contributed by atoms with E-state index in [0.717, 1.165) is 11.1 Å². The quantitative estimate of drug-likeness (QED) is 0.367. The van der Waals surface area contributed by atoms with Crippen LogP contribution < -0.4 is 15.6 Å². The van der Waals surface area contributed by atoms with Crippen molar-refractivity contribution >= 4 is 28.8 Å². The number of benzene rings is 3. The molecule has 0 amide bonds. The first-order valence-electron chi connectivity index (χ1n) is 10.5. The summed E-state index contributed by atoms with van der Waals surface area (Å²) in [6.45, 7) is 2.60. The zero-order chi connectivity index (χ0) is 24.1. The van der Waals surface area contributed by atoms with Gasteiger partial charge in [-0.15, -0.1) is 13.2 Å². The molecule has 0 aliphatic carbocycles. The van der Waals surface area contributed by atoms with Crippen LogP contribution in [0, 0.1) is 6.92 Å². The van der Waals surface area contributed by atoms with Gasteiger partial charge < -0.3 is 10.1 Å². The van der Waals surface area contributed by atoms with E-state index in [4.69, 9.17) is 0 Å². The second-order valence-electron chi connectivity index (χ2n) is 7.55. The van der Waals surface area contributed by atoms with Crippen molar-refractivity contribution in [1.82, 2.24) is 9.55 Å². The Morgan fingerprint density at radius 3 is 2.44 bits per heavy atom. The summed E-state index contributed by atoms with van der Waals surface area (Å²) in [5.41, 5.74) is 2.82. The molecule has 0 fully saturated rings. The van der Waals surface area contributed by atoms with Gasteiger partial charge >= 0.3 is 6.36 Å². The predicted molar refractivity (Wildman–Crippen MR) is 126 cm³/mol. The number of nitrogens with one attached hydrogen (secondary N) is 1. The van der Waals surface area contributed by atoms with Crippen LogP contribution in [0.5, 0.6) is 5.75 Å². The predicted octanol–water partition coefficient (Wildman–Crippen LogP) is 5.47. The van der Waals surface area contributed by atoms with Crippen LogP contribution >= 0.6 is 0 Å². The fraction of sp³-hybridized carbons (Fsp3) is 0.160. The lowest BCUT2D eigenvalue weighted by atomic mass is 10.2. The highest BCUT2D eigenvalue weighted by Gasteiger charge is 2.31. The van der Waals surface area contributed by atoms with Crippen molar-refractivity contribution in [3.05, 3.63) is 94.3 Å². The van der Waals surface area contributed by atoms with Gasteiger partial charge in [0.15, 0.2) is 0 Å². The summed E-state index contributed by atoms with van der Waals surface area (Å²) in [5, 5.41) is 3.49. The zero-order valence-electron chi connectivity index (χ0n) is 18.2. The number of fused-ring (bicyclic) bond motifs is 1. The Kier molecular flexibility index (Phi) is 6.62. The van der Waals surface area contributed by atoms with Crippen molar-refractivity contribution in [2.75, 3.05) is 11.9 Å².